The van der Waals surface area contributed by atoms with Crippen LogP contribution in [0.2, 0.25) is 0 Å². The molecule has 0 aliphatic rings. The van der Waals surface area contributed by atoms with Crippen LogP contribution in [0.1, 0.15) is 23.7 Å². The predicted molar refractivity (Wildman–Crippen MR) is 58.0 cm³/mol. The van der Waals surface area contributed by atoms with Gasteiger partial charge in [-0.05, 0) is 18.6 Å². The van der Waals surface area contributed by atoms with Gasteiger partial charge in [-0.3, -0.25) is 0 Å². The van der Waals surface area contributed by atoms with Gasteiger partial charge in [-0.15, -0.1) is 0 Å². The molecule has 0 saturated heterocycles. The third kappa shape index (κ3) is 2.62. The lowest BCUT2D eigenvalue weighted by Gasteiger charge is -2.09. The molecule has 0 aliphatic carbocycles. The number of para-hydroxylation sites is 1. The molecule has 0 radical (unpaired) electrons. The summed E-state index contributed by atoms with van der Waals surface area (Å²) < 4.78 is 10.1. The number of hydrogen-bond acceptors (Lipinski definition) is 4. The lowest BCUT2D eigenvalue weighted by molar-refractivity contribution is 0.0501. The van der Waals surface area contributed by atoms with E-state index >= 15 is 0 Å². The summed E-state index contributed by atoms with van der Waals surface area (Å²) in [5.74, 6) is -0.0281. The van der Waals surface area contributed by atoms with E-state index in [2.05, 4.69) is 0 Å². The minimum atomic E-state index is -0.402. The summed E-state index contributed by atoms with van der Waals surface area (Å²) in [5, 5.41) is 0. The molecule has 0 bridgehead atoms. The number of rotatable bonds is 4. The number of methoxy groups -OCH3 is 1. The maximum absolute atomic E-state index is 11.6. The second-order valence-corrected chi connectivity index (χ2v) is 3.06. The Hall–Kier alpha value is -1.71. The molecule has 0 atom stereocenters. The van der Waals surface area contributed by atoms with Gasteiger partial charge in [-0.1, -0.05) is 13.0 Å². The van der Waals surface area contributed by atoms with Crippen molar-refractivity contribution in [3.05, 3.63) is 23.8 Å². The topological polar surface area (TPSA) is 61.5 Å². The Morgan fingerprint density at radius 3 is 2.80 bits per heavy atom. The molecule has 1 aromatic rings. The van der Waals surface area contributed by atoms with Gasteiger partial charge in [0, 0.05) is 0 Å². The Kier molecular flexibility index (Phi) is 3.97. The van der Waals surface area contributed by atoms with Crippen molar-refractivity contribution in [2.45, 2.75) is 13.3 Å². The van der Waals surface area contributed by atoms with Crippen molar-refractivity contribution in [2.75, 3.05) is 19.5 Å². The van der Waals surface area contributed by atoms with E-state index < -0.39 is 5.97 Å². The molecule has 0 fully saturated rings. The minimum absolute atomic E-state index is 0.367. The van der Waals surface area contributed by atoms with Crippen LogP contribution in [-0.2, 0) is 4.74 Å². The van der Waals surface area contributed by atoms with Crippen LogP contribution in [0, 0.1) is 0 Å². The molecular formula is C11H15NO3. The molecule has 2 N–H and O–H groups in total. The van der Waals surface area contributed by atoms with E-state index in [1.807, 2.05) is 6.92 Å². The third-order valence-corrected chi connectivity index (χ3v) is 1.91. The fourth-order valence-corrected chi connectivity index (χ4v) is 1.22. The van der Waals surface area contributed by atoms with Crippen molar-refractivity contribution < 1.29 is 14.3 Å². The number of esters is 1. The number of hydrogen-bond donors (Lipinski definition) is 1. The van der Waals surface area contributed by atoms with Crippen LogP contribution in [-0.4, -0.2) is 19.7 Å². The highest BCUT2D eigenvalue weighted by molar-refractivity contribution is 5.94. The van der Waals surface area contributed by atoms with Crippen LogP contribution in [0.25, 0.3) is 0 Å². The number of benzene rings is 1. The van der Waals surface area contributed by atoms with Crippen molar-refractivity contribution in [3.8, 4) is 5.75 Å². The van der Waals surface area contributed by atoms with Gasteiger partial charge >= 0.3 is 5.97 Å². The Bertz CT molecular complexity index is 350. The molecule has 1 rings (SSSR count). The standard InChI is InChI=1S/C11H15NO3/c1-3-7-15-11(13)8-5-4-6-9(12)10(8)14-2/h4-6H,3,7,12H2,1-2H3. The SMILES string of the molecule is CCCOC(=O)c1cccc(N)c1OC. The monoisotopic (exact) mass is 209 g/mol. The second-order valence-electron chi connectivity index (χ2n) is 3.06. The van der Waals surface area contributed by atoms with Crippen molar-refractivity contribution in [3.63, 3.8) is 0 Å². The van der Waals surface area contributed by atoms with Gasteiger partial charge in [0.25, 0.3) is 0 Å². The number of ether oxygens (including phenoxy) is 2. The zero-order valence-electron chi connectivity index (χ0n) is 8.95. The Balaban J connectivity index is 2.92. The highest BCUT2D eigenvalue weighted by Crippen LogP contribution is 2.26. The summed E-state index contributed by atoms with van der Waals surface area (Å²) in [5.41, 5.74) is 6.47. The zero-order valence-corrected chi connectivity index (χ0v) is 8.95. The van der Waals surface area contributed by atoms with Crippen molar-refractivity contribution >= 4 is 11.7 Å². The molecule has 4 heteroatoms. The average molecular weight is 209 g/mol. The van der Waals surface area contributed by atoms with Crippen LogP contribution in [0.5, 0.6) is 5.75 Å². The molecule has 82 valence electrons. The Labute approximate surface area is 89.0 Å². The van der Waals surface area contributed by atoms with Gasteiger partial charge in [0.15, 0.2) is 5.75 Å². The van der Waals surface area contributed by atoms with E-state index in [4.69, 9.17) is 15.2 Å². The molecule has 0 aromatic heterocycles. The van der Waals surface area contributed by atoms with Crippen LogP contribution in [0.15, 0.2) is 18.2 Å². The van der Waals surface area contributed by atoms with E-state index in [-0.39, 0.29) is 0 Å². The maximum atomic E-state index is 11.6. The molecule has 0 saturated carbocycles. The number of nitrogen functional groups attached to an aromatic ring is 1. The predicted octanol–water partition coefficient (Wildman–Crippen LogP) is 1.84. The van der Waals surface area contributed by atoms with Gasteiger partial charge in [0.2, 0.25) is 0 Å². The minimum Gasteiger partial charge on any atom is -0.494 e. The van der Waals surface area contributed by atoms with Crippen LogP contribution < -0.4 is 10.5 Å². The van der Waals surface area contributed by atoms with E-state index in [0.717, 1.165) is 6.42 Å². The Morgan fingerprint density at radius 1 is 1.47 bits per heavy atom. The lowest BCUT2D eigenvalue weighted by Crippen LogP contribution is -2.08. The zero-order chi connectivity index (χ0) is 11.3. The summed E-state index contributed by atoms with van der Waals surface area (Å²) in [4.78, 5) is 11.6. The van der Waals surface area contributed by atoms with Crippen LogP contribution in [0.3, 0.4) is 0 Å². The smallest absolute Gasteiger partial charge is 0.342 e. The van der Waals surface area contributed by atoms with Crippen molar-refractivity contribution in [1.29, 1.82) is 0 Å². The van der Waals surface area contributed by atoms with Crippen LogP contribution in [0.4, 0.5) is 5.69 Å². The normalized spacial score (nSPS) is 9.73. The van der Waals surface area contributed by atoms with Gasteiger partial charge in [-0.2, -0.15) is 0 Å². The average Bonchev–Trinajstić information content (AvgIpc) is 2.25. The highest BCUT2D eigenvalue weighted by atomic mass is 16.5. The number of carbonyl (C=O) groups is 1. The number of anilines is 1. The fraction of sp³-hybridized carbons (Fsp3) is 0.364. The van der Waals surface area contributed by atoms with Gasteiger partial charge in [-0.25, -0.2) is 4.79 Å². The summed E-state index contributed by atoms with van der Waals surface area (Å²) in [6.07, 6.45) is 0.788. The Morgan fingerprint density at radius 2 is 2.20 bits per heavy atom. The summed E-state index contributed by atoms with van der Waals surface area (Å²) >= 11 is 0. The summed E-state index contributed by atoms with van der Waals surface area (Å²) in [6, 6.07) is 5.00. The maximum Gasteiger partial charge on any atom is 0.342 e. The van der Waals surface area contributed by atoms with Gasteiger partial charge < -0.3 is 15.2 Å². The first kappa shape index (κ1) is 11.4. The molecule has 15 heavy (non-hydrogen) atoms. The van der Waals surface area contributed by atoms with Gasteiger partial charge in [0.05, 0.1) is 19.4 Å². The first-order valence-electron chi connectivity index (χ1n) is 4.80. The fourth-order valence-electron chi connectivity index (χ4n) is 1.22. The van der Waals surface area contributed by atoms with E-state index in [9.17, 15) is 4.79 Å². The molecular weight excluding hydrogens is 194 g/mol. The largest absolute Gasteiger partial charge is 0.494 e. The molecule has 1 aromatic carbocycles. The van der Waals surface area contributed by atoms with E-state index in [1.54, 1.807) is 18.2 Å². The summed E-state index contributed by atoms with van der Waals surface area (Å²) in [6.45, 7) is 2.33. The van der Waals surface area contributed by atoms with Crippen LogP contribution >= 0.6 is 0 Å². The number of nitrogens with two attached hydrogens (primary N) is 1. The second kappa shape index (κ2) is 5.24. The molecule has 4 nitrogen and oxygen atoms in total. The molecule has 0 heterocycles. The number of carbonyl (C=O) groups excluding carboxylic acids is 1. The molecule has 0 amide bonds. The molecule has 0 spiro atoms. The van der Waals surface area contributed by atoms with E-state index in [1.165, 1.54) is 7.11 Å². The first-order chi connectivity index (χ1) is 7.20. The molecule has 0 unspecified atom stereocenters. The highest BCUT2D eigenvalue weighted by Gasteiger charge is 2.15. The first-order valence-corrected chi connectivity index (χ1v) is 4.80. The van der Waals surface area contributed by atoms with Crippen molar-refractivity contribution in [2.24, 2.45) is 0 Å². The van der Waals surface area contributed by atoms with Gasteiger partial charge in [0.1, 0.15) is 5.56 Å². The quantitative estimate of drug-likeness (QED) is 0.607. The van der Waals surface area contributed by atoms with Crippen molar-refractivity contribution in [1.82, 2.24) is 0 Å². The third-order valence-electron chi connectivity index (χ3n) is 1.91. The molecule has 0 aliphatic heterocycles. The van der Waals surface area contributed by atoms with E-state index in [0.29, 0.717) is 23.6 Å². The summed E-state index contributed by atoms with van der Waals surface area (Å²) in [7, 11) is 1.47. The lowest BCUT2D eigenvalue weighted by atomic mass is 10.2.